The molecule has 27 heavy (non-hydrogen) atoms. The number of esters is 1. The Kier molecular flexibility index (Phi) is 6.21. The number of carbonyl (C=O) groups excluding carboxylic acids is 2. The van der Waals surface area contributed by atoms with Crippen LogP contribution in [-0.2, 0) is 22.6 Å². The number of para-hydroxylation sites is 1. The van der Waals surface area contributed by atoms with Crippen LogP contribution in [0.4, 0.5) is 5.69 Å². The van der Waals surface area contributed by atoms with E-state index in [9.17, 15) is 9.59 Å². The molecule has 0 radical (unpaired) electrons. The van der Waals surface area contributed by atoms with Crippen LogP contribution in [0.5, 0.6) is 0 Å². The highest BCUT2D eigenvalue weighted by atomic mass is 35.5. The molecule has 5 nitrogen and oxygen atoms in total. The van der Waals surface area contributed by atoms with Gasteiger partial charge in [-0.25, -0.2) is 9.78 Å². The molecule has 3 aromatic rings. The predicted octanol–water partition coefficient (Wildman–Crippen LogP) is 4.64. The first kappa shape index (κ1) is 19.1. The number of carbonyl (C=O) groups is 2. The summed E-state index contributed by atoms with van der Waals surface area (Å²) in [5.74, 6) is -0.582. The van der Waals surface area contributed by atoms with Gasteiger partial charge < -0.3 is 10.1 Å². The number of benzene rings is 2. The van der Waals surface area contributed by atoms with Gasteiger partial charge in [0.1, 0.15) is 11.6 Å². The maximum atomic E-state index is 12.2. The molecule has 138 valence electrons. The van der Waals surface area contributed by atoms with Crippen molar-refractivity contribution < 1.29 is 14.3 Å². The van der Waals surface area contributed by atoms with Crippen molar-refractivity contribution in [3.8, 4) is 0 Å². The van der Waals surface area contributed by atoms with Crippen molar-refractivity contribution in [3.63, 3.8) is 0 Å². The van der Waals surface area contributed by atoms with Crippen LogP contribution < -0.4 is 5.32 Å². The van der Waals surface area contributed by atoms with Crippen molar-refractivity contribution in [2.24, 2.45) is 0 Å². The largest absolute Gasteiger partial charge is 0.456 e. The Morgan fingerprint density at radius 3 is 2.63 bits per heavy atom. The minimum atomic E-state index is -0.446. The molecule has 1 amide bonds. The number of anilines is 1. The number of aromatic nitrogens is 1. The lowest BCUT2D eigenvalue weighted by atomic mass is 10.2. The first-order chi connectivity index (χ1) is 13.0. The van der Waals surface area contributed by atoms with E-state index in [1.165, 1.54) is 11.3 Å². The number of amides is 1. The van der Waals surface area contributed by atoms with E-state index >= 15 is 0 Å². The minimum Gasteiger partial charge on any atom is -0.456 e. The molecule has 0 aliphatic carbocycles. The lowest BCUT2D eigenvalue weighted by Crippen LogP contribution is -2.15. The van der Waals surface area contributed by atoms with Crippen molar-refractivity contribution in [1.82, 2.24) is 4.98 Å². The average molecular weight is 401 g/mol. The zero-order chi connectivity index (χ0) is 19.2. The van der Waals surface area contributed by atoms with Gasteiger partial charge in [0.25, 0.3) is 0 Å². The molecule has 0 atom stereocenters. The number of rotatable bonds is 6. The molecule has 0 unspecified atom stereocenters. The summed E-state index contributed by atoms with van der Waals surface area (Å²) in [6.45, 7) is 1.99. The van der Waals surface area contributed by atoms with E-state index in [-0.39, 0.29) is 18.9 Å². The minimum absolute atomic E-state index is 0.0529. The maximum absolute atomic E-state index is 12.2. The normalized spacial score (nSPS) is 10.4. The Hall–Kier alpha value is -2.70. The van der Waals surface area contributed by atoms with Crippen molar-refractivity contribution in [1.29, 1.82) is 0 Å². The average Bonchev–Trinajstić information content (AvgIpc) is 3.09. The smallest absolute Gasteiger partial charge is 0.338 e. The summed E-state index contributed by atoms with van der Waals surface area (Å²) >= 11 is 7.16. The first-order valence-corrected chi connectivity index (χ1v) is 9.48. The van der Waals surface area contributed by atoms with Gasteiger partial charge in [0, 0.05) is 16.1 Å². The number of aryl methyl sites for hydroxylation is 1. The molecule has 1 aromatic heterocycles. The number of hydrogen-bond donors (Lipinski definition) is 1. The Bertz CT molecular complexity index is 954. The van der Waals surface area contributed by atoms with Crippen molar-refractivity contribution in [2.45, 2.75) is 20.0 Å². The van der Waals surface area contributed by atoms with E-state index in [2.05, 4.69) is 10.3 Å². The van der Waals surface area contributed by atoms with E-state index in [0.29, 0.717) is 21.3 Å². The number of halogens is 1. The van der Waals surface area contributed by atoms with Crippen LogP contribution in [0.15, 0.2) is 53.9 Å². The van der Waals surface area contributed by atoms with Gasteiger partial charge >= 0.3 is 5.97 Å². The van der Waals surface area contributed by atoms with Gasteiger partial charge in [0.15, 0.2) is 0 Å². The standard InChI is InChI=1S/C20H17ClN2O3S/c1-13-4-2-3-5-17(13)23-18(24)10-19-22-16(12-27-19)11-26-20(25)14-6-8-15(21)9-7-14/h2-9,12H,10-11H2,1H3,(H,23,24). The molecule has 0 aliphatic heterocycles. The predicted molar refractivity (Wildman–Crippen MR) is 106 cm³/mol. The zero-order valence-electron chi connectivity index (χ0n) is 14.6. The van der Waals surface area contributed by atoms with E-state index in [0.717, 1.165) is 11.3 Å². The third kappa shape index (κ3) is 5.39. The molecule has 2 aromatic carbocycles. The summed E-state index contributed by atoms with van der Waals surface area (Å²) in [5, 5.41) is 5.88. The summed E-state index contributed by atoms with van der Waals surface area (Å²) < 4.78 is 5.25. The molecule has 0 saturated heterocycles. The number of ether oxygens (including phenoxy) is 1. The van der Waals surface area contributed by atoms with Crippen LogP contribution in [0.1, 0.15) is 26.6 Å². The van der Waals surface area contributed by atoms with E-state index in [4.69, 9.17) is 16.3 Å². The summed E-state index contributed by atoms with van der Waals surface area (Å²) in [7, 11) is 0. The van der Waals surface area contributed by atoms with Crippen LogP contribution in [0.3, 0.4) is 0 Å². The highest BCUT2D eigenvalue weighted by Crippen LogP contribution is 2.16. The second kappa shape index (κ2) is 8.79. The van der Waals surface area contributed by atoms with Crippen molar-refractivity contribution in [2.75, 3.05) is 5.32 Å². The molecule has 0 spiro atoms. The Balaban J connectivity index is 1.52. The van der Waals surface area contributed by atoms with Crippen LogP contribution in [0.2, 0.25) is 5.02 Å². The Morgan fingerprint density at radius 1 is 1.15 bits per heavy atom. The van der Waals surface area contributed by atoms with Gasteiger partial charge in [-0.05, 0) is 42.8 Å². The fourth-order valence-corrected chi connectivity index (χ4v) is 3.25. The Morgan fingerprint density at radius 2 is 1.89 bits per heavy atom. The Labute approximate surface area is 166 Å². The second-order valence-electron chi connectivity index (χ2n) is 5.86. The van der Waals surface area contributed by atoms with Gasteiger partial charge in [-0.2, -0.15) is 0 Å². The third-order valence-electron chi connectivity index (χ3n) is 3.76. The highest BCUT2D eigenvalue weighted by Gasteiger charge is 2.12. The van der Waals surface area contributed by atoms with Crippen LogP contribution in [-0.4, -0.2) is 16.9 Å². The van der Waals surface area contributed by atoms with E-state index < -0.39 is 5.97 Å². The monoisotopic (exact) mass is 400 g/mol. The summed E-state index contributed by atoms with van der Waals surface area (Å²) in [6, 6.07) is 14.1. The molecular formula is C20H17ClN2O3S. The summed E-state index contributed by atoms with van der Waals surface area (Å²) in [4.78, 5) is 28.5. The fraction of sp³-hybridized carbons (Fsp3) is 0.150. The van der Waals surface area contributed by atoms with E-state index in [1.54, 1.807) is 29.6 Å². The lowest BCUT2D eigenvalue weighted by molar-refractivity contribution is -0.115. The number of hydrogen-bond acceptors (Lipinski definition) is 5. The van der Waals surface area contributed by atoms with Crippen LogP contribution in [0.25, 0.3) is 0 Å². The first-order valence-electron chi connectivity index (χ1n) is 8.23. The maximum Gasteiger partial charge on any atom is 0.338 e. The fourth-order valence-electron chi connectivity index (χ4n) is 2.35. The number of nitrogens with one attached hydrogen (secondary N) is 1. The SMILES string of the molecule is Cc1ccccc1NC(=O)Cc1nc(COC(=O)c2ccc(Cl)cc2)cs1. The number of thiazole rings is 1. The molecular weight excluding hydrogens is 384 g/mol. The van der Waals surface area contributed by atoms with Gasteiger partial charge in [-0.3, -0.25) is 4.79 Å². The van der Waals surface area contributed by atoms with Gasteiger partial charge in [-0.1, -0.05) is 29.8 Å². The summed E-state index contributed by atoms with van der Waals surface area (Å²) in [6.07, 6.45) is 0.171. The number of nitrogens with zero attached hydrogens (tertiary/aromatic N) is 1. The molecule has 0 aliphatic rings. The molecule has 1 N–H and O–H groups in total. The second-order valence-corrected chi connectivity index (χ2v) is 7.23. The molecule has 7 heteroatoms. The topological polar surface area (TPSA) is 68.3 Å². The van der Waals surface area contributed by atoms with Gasteiger partial charge in [0.05, 0.1) is 17.7 Å². The third-order valence-corrected chi connectivity index (χ3v) is 4.91. The zero-order valence-corrected chi connectivity index (χ0v) is 16.1. The van der Waals surface area contributed by atoms with Gasteiger partial charge in [-0.15, -0.1) is 11.3 Å². The van der Waals surface area contributed by atoms with Gasteiger partial charge in [0.2, 0.25) is 5.91 Å². The molecule has 0 saturated carbocycles. The van der Waals surface area contributed by atoms with Crippen LogP contribution >= 0.6 is 22.9 Å². The highest BCUT2D eigenvalue weighted by molar-refractivity contribution is 7.09. The summed E-state index contributed by atoms with van der Waals surface area (Å²) in [5.41, 5.74) is 2.82. The molecule has 0 bridgehead atoms. The van der Waals surface area contributed by atoms with E-state index in [1.807, 2.05) is 31.2 Å². The molecule has 0 fully saturated rings. The quantitative estimate of drug-likeness (QED) is 0.612. The van der Waals surface area contributed by atoms with Crippen LogP contribution in [0, 0.1) is 6.92 Å². The van der Waals surface area contributed by atoms with Crippen molar-refractivity contribution in [3.05, 3.63) is 80.8 Å². The lowest BCUT2D eigenvalue weighted by Gasteiger charge is -2.06. The van der Waals surface area contributed by atoms with Crippen molar-refractivity contribution >= 4 is 40.5 Å². The molecule has 3 rings (SSSR count). The molecule has 1 heterocycles.